The van der Waals surface area contributed by atoms with E-state index in [0.717, 1.165) is 12.8 Å². The summed E-state index contributed by atoms with van der Waals surface area (Å²) in [5.74, 6) is 0.0252. The molecule has 1 saturated carbocycles. The quantitative estimate of drug-likeness (QED) is 0.508. The number of Topliss-reactive ketones (excluding diaryl/α,β-unsaturated/α-hetero) is 1. The Balaban J connectivity index is 2.26. The molecule has 66 valence electrons. The molecule has 3 heteroatoms. The highest BCUT2D eigenvalue weighted by Gasteiger charge is 2.46. The topological polar surface area (TPSA) is 43.4 Å². The molecule has 2 atom stereocenters. The van der Waals surface area contributed by atoms with Crippen molar-refractivity contribution in [2.75, 3.05) is 0 Å². The predicted octanol–water partition coefficient (Wildman–Crippen LogP) is 1.06. The summed E-state index contributed by atoms with van der Waals surface area (Å²) >= 11 is 0. The van der Waals surface area contributed by atoms with Crippen LogP contribution in [0.1, 0.15) is 32.6 Å². The molecular weight excluding hydrogens is 156 g/mol. The minimum Gasteiger partial charge on any atom is -0.462 e. The lowest BCUT2D eigenvalue weighted by Crippen LogP contribution is -2.45. The van der Waals surface area contributed by atoms with E-state index < -0.39 is 5.41 Å². The maximum absolute atomic E-state index is 11.5. The minimum atomic E-state index is -0.405. The van der Waals surface area contributed by atoms with Crippen LogP contribution in [0, 0.1) is 5.41 Å². The number of carbonyl (C=O) groups is 2. The van der Waals surface area contributed by atoms with E-state index in [1.165, 1.54) is 0 Å². The molecule has 1 aliphatic heterocycles. The Hall–Kier alpha value is -0.860. The van der Waals surface area contributed by atoms with Gasteiger partial charge in [-0.1, -0.05) is 6.92 Å². The molecule has 0 spiro atoms. The Morgan fingerprint density at radius 1 is 1.50 bits per heavy atom. The lowest BCUT2D eigenvalue weighted by molar-refractivity contribution is -0.170. The van der Waals surface area contributed by atoms with Gasteiger partial charge >= 0.3 is 5.97 Å². The summed E-state index contributed by atoms with van der Waals surface area (Å²) in [7, 11) is 0. The Morgan fingerprint density at radius 3 is 3.00 bits per heavy atom. The van der Waals surface area contributed by atoms with Crippen molar-refractivity contribution >= 4 is 11.8 Å². The maximum atomic E-state index is 11.5. The highest BCUT2D eigenvalue weighted by atomic mass is 16.5. The molecule has 2 rings (SSSR count). The molecule has 12 heavy (non-hydrogen) atoms. The summed E-state index contributed by atoms with van der Waals surface area (Å²) < 4.78 is 5.08. The second kappa shape index (κ2) is 2.31. The van der Waals surface area contributed by atoms with E-state index in [9.17, 15) is 9.59 Å². The first-order chi connectivity index (χ1) is 5.60. The van der Waals surface area contributed by atoms with Crippen LogP contribution in [0.15, 0.2) is 0 Å². The monoisotopic (exact) mass is 168 g/mol. The SMILES string of the molecule is C[C@]12CC(=O)O[C@H](CCC1=O)C2. The molecule has 0 radical (unpaired) electrons. The number of ether oxygens (including phenoxy) is 1. The van der Waals surface area contributed by atoms with Crippen molar-refractivity contribution in [1.82, 2.24) is 0 Å². The summed E-state index contributed by atoms with van der Waals surface area (Å²) in [5, 5.41) is 0. The highest BCUT2D eigenvalue weighted by molar-refractivity contribution is 5.90. The molecule has 3 nitrogen and oxygen atoms in total. The van der Waals surface area contributed by atoms with Crippen LogP contribution < -0.4 is 0 Å². The lowest BCUT2D eigenvalue weighted by Gasteiger charge is -2.40. The van der Waals surface area contributed by atoms with Crippen molar-refractivity contribution in [1.29, 1.82) is 0 Å². The first-order valence-corrected chi connectivity index (χ1v) is 4.33. The fourth-order valence-corrected chi connectivity index (χ4v) is 2.13. The van der Waals surface area contributed by atoms with Crippen molar-refractivity contribution in [3.63, 3.8) is 0 Å². The van der Waals surface area contributed by atoms with Gasteiger partial charge in [-0.05, 0) is 12.8 Å². The lowest BCUT2D eigenvalue weighted by atomic mass is 9.70. The third-order valence-corrected chi connectivity index (χ3v) is 2.88. The molecular formula is C9H12O3. The molecule has 0 N–H and O–H groups in total. The molecule has 1 aliphatic carbocycles. The molecule has 2 fully saturated rings. The fraction of sp³-hybridized carbons (Fsp3) is 0.778. The van der Waals surface area contributed by atoms with Crippen LogP contribution in [-0.2, 0) is 14.3 Å². The van der Waals surface area contributed by atoms with Gasteiger partial charge in [0, 0.05) is 11.8 Å². The van der Waals surface area contributed by atoms with E-state index >= 15 is 0 Å². The van der Waals surface area contributed by atoms with Crippen LogP contribution in [0.25, 0.3) is 0 Å². The average molecular weight is 168 g/mol. The largest absolute Gasteiger partial charge is 0.462 e. The third kappa shape index (κ3) is 1.04. The molecule has 0 unspecified atom stereocenters. The van der Waals surface area contributed by atoms with Crippen LogP contribution in [0.3, 0.4) is 0 Å². The zero-order valence-electron chi connectivity index (χ0n) is 7.13. The first kappa shape index (κ1) is 7.77. The average Bonchev–Trinajstić information content (AvgIpc) is 1.96. The number of ketones is 1. The van der Waals surface area contributed by atoms with E-state index in [4.69, 9.17) is 4.74 Å². The zero-order valence-corrected chi connectivity index (χ0v) is 7.13. The van der Waals surface area contributed by atoms with Crippen LogP contribution in [0.2, 0.25) is 0 Å². The van der Waals surface area contributed by atoms with Gasteiger partial charge in [0.2, 0.25) is 0 Å². The smallest absolute Gasteiger partial charge is 0.307 e. The fourth-order valence-electron chi connectivity index (χ4n) is 2.13. The maximum Gasteiger partial charge on any atom is 0.307 e. The number of fused-ring (bicyclic) bond motifs is 2. The van der Waals surface area contributed by atoms with E-state index in [0.29, 0.717) is 6.42 Å². The molecule has 0 aromatic carbocycles. The molecule has 1 saturated heterocycles. The summed E-state index contributed by atoms with van der Waals surface area (Å²) in [6.45, 7) is 1.88. The van der Waals surface area contributed by atoms with Gasteiger partial charge in [0.1, 0.15) is 11.9 Å². The van der Waals surface area contributed by atoms with Gasteiger partial charge in [-0.2, -0.15) is 0 Å². The van der Waals surface area contributed by atoms with Crippen molar-refractivity contribution < 1.29 is 14.3 Å². The van der Waals surface area contributed by atoms with Gasteiger partial charge in [0.25, 0.3) is 0 Å². The van der Waals surface area contributed by atoms with Crippen LogP contribution in [0.5, 0.6) is 0 Å². The van der Waals surface area contributed by atoms with E-state index in [1.54, 1.807) is 0 Å². The molecule has 0 aromatic heterocycles. The third-order valence-electron chi connectivity index (χ3n) is 2.88. The van der Waals surface area contributed by atoms with Gasteiger partial charge in [0.15, 0.2) is 0 Å². The molecule has 0 amide bonds. The predicted molar refractivity (Wildman–Crippen MR) is 41.5 cm³/mol. The van der Waals surface area contributed by atoms with E-state index in [-0.39, 0.29) is 24.3 Å². The summed E-state index contributed by atoms with van der Waals surface area (Å²) in [5.41, 5.74) is -0.405. The van der Waals surface area contributed by atoms with E-state index in [1.807, 2.05) is 6.92 Å². The minimum absolute atomic E-state index is 0.00829. The number of hydrogen-bond acceptors (Lipinski definition) is 3. The van der Waals surface area contributed by atoms with Crippen LogP contribution in [-0.4, -0.2) is 17.9 Å². The Kier molecular flexibility index (Phi) is 1.50. The Bertz CT molecular complexity index is 246. The number of esters is 1. The van der Waals surface area contributed by atoms with Crippen LogP contribution in [0.4, 0.5) is 0 Å². The van der Waals surface area contributed by atoms with Gasteiger partial charge in [-0.3, -0.25) is 9.59 Å². The normalized spacial score (nSPS) is 40.9. The Labute approximate surface area is 71.1 Å². The first-order valence-electron chi connectivity index (χ1n) is 4.33. The van der Waals surface area contributed by atoms with Crippen molar-refractivity contribution in [3.05, 3.63) is 0 Å². The molecule has 2 aliphatic rings. The summed E-state index contributed by atoms with van der Waals surface area (Å²) in [6, 6.07) is 0. The molecule has 2 bridgehead atoms. The van der Waals surface area contributed by atoms with Gasteiger partial charge in [0.05, 0.1) is 6.42 Å². The number of hydrogen-bond donors (Lipinski definition) is 0. The summed E-state index contributed by atoms with van der Waals surface area (Å²) in [4.78, 5) is 22.5. The van der Waals surface area contributed by atoms with Crippen LogP contribution >= 0.6 is 0 Å². The second-order valence-electron chi connectivity index (χ2n) is 4.02. The van der Waals surface area contributed by atoms with Crippen molar-refractivity contribution in [2.45, 2.75) is 38.7 Å². The highest BCUT2D eigenvalue weighted by Crippen LogP contribution is 2.41. The van der Waals surface area contributed by atoms with Crippen molar-refractivity contribution in [2.24, 2.45) is 5.41 Å². The standard InChI is InChI=1S/C9H12O3/c1-9-4-6(2-3-7(9)10)12-8(11)5-9/h6H,2-5H2,1H3/t6-,9+/m1/s1. The van der Waals surface area contributed by atoms with Gasteiger partial charge in [-0.15, -0.1) is 0 Å². The van der Waals surface area contributed by atoms with Crippen molar-refractivity contribution in [3.8, 4) is 0 Å². The second-order valence-corrected chi connectivity index (χ2v) is 4.02. The number of carbonyl (C=O) groups excluding carboxylic acids is 2. The Morgan fingerprint density at radius 2 is 2.25 bits per heavy atom. The summed E-state index contributed by atoms with van der Waals surface area (Å²) in [6.07, 6.45) is 2.32. The molecule has 1 heterocycles. The zero-order chi connectivity index (χ0) is 8.77. The molecule has 0 aromatic rings. The van der Waals surface area contributed by atoms with E-state index in [2.05, 4.69) is 0 Å². The van der Waals surface area contributed by atoms with Gasteiger partial charge in [-0.25, -0.2) is 0 Å². The number of rotatable bonds is 0. The van der Waals surface area contributed by atoms with Gasteiger partial charge < -0.3 is 4.74 Å².